The Balaban J connectivity index is 1.11. The lowest BCUT2D eigenvalue weighted by Gasteiger charge is -2.35. The number of aliphatic imine (C=N–C) groups is 1. The summed E-state index contributed by atoms with van der Waals surface area (Å²) in [6, 6.07) is 20.5. The van der Waals surface area contributed by atoms with Gasteiger partial charge in [0.15, 0.2) is 5.96 Å². The first-order chi connectivity index (χ1) is 23.3. The van der Waals surface area contributed by atoms with Gasteiger partial charge in [-0.25, -0.2) is 8.42 Å². The number of carbonyl (C=O) groups excluding carboxylic acids is 1. The second kappa shape index (κ2) is 15.3. The molecule has 5 rings (SSSR count). The number of carboxylic acids is 1. The third-order valence-corrected chi connectivity index (χ3v) is 10.4. The molecular weight excluding hydrogens is 644 g/mol. The average molecular weight is 691 g/mol. The fourth-order valence-corrected chi connectivity index (χ4v) is 7.67. The highest BCUT2D eigenvalue weighted by Gasteiger charge is 2.30. The summed E-state index contributed by atoms with van der Waals surface area (Å²) in [5.41, 5.74) is 2.62. The van der Waals surface area contributed by atoms with Gasteiger partial charge in [-0.15, -0.1) is 0 Å². The molecule has 0 spiro atoms. The van der Waals surface area contributed by atoms with E-state index in [9.17, 15) is 23.1 Å². The number of methoxy groups -OCH3 is 1. The Hall–Kier alpha value is -4.62. The van der Waals surface area contributed by atoms with Crippen LogP contribution in [0.15, 0.2) is 82.7 Å². The van der Waals surface area contributed by atoms with Crippen LogP contribution in [0.25, 0.3) is 0 Å². The van der Waals surface area contributed by atoms with E-state index < -0.39 is 39.9 Å². The summed E-state index contributed by atoms with van der Waals surface area (Å²) in [5, 5.41) is 16.0. The minimum absolute atomic E-state index is 0.00877. The van der Waals surface area contributed by atoms with Gasteiger partial charge in [-0.3, -0.25) is 14.6 Å². The van der Waals surface area contributed by atoms with Crippen LogP contribution in [-0.4, -0.2) is 88.2 Å². The standard InChI is InChI=1S/C36H46N6O6S/c1-36(2,3)30-7-5-6-8-32(30)49(46,47)40-31(34(44)45)23-38-33(43)26-11-13-28(14-12-26)41-20-17-27(18-21-41)39-35-37-19-22-42(35)24-25-9-15-29(48-4)16-10-25/h5-16,27,31,40H,17-24H2,1-4H3,(H,37,39)(H,38,43)(H,44,45)/t31-/m0/s1. The highest BCUT2D eigenvalue weighted by atomic mass is 32.2. The van der Waals surface area contributed by atoms with E-state index in [1.54, 1.807) is 37.4 Å². The fraction of sp³-hybridized carbons (Fsp3) is 0.417. The lowest BCUT2D eigenvalue weighted by Crippen LogP contribution is -2.48. The second-order valence-electron chi connectivity index (χ2n) is 13.4. The number of benzene rings is 3. The molecule has 0 saturated carbocycles. The molecule has 262 valence electrons. The highest BCUT2D eigenvalue weighted by Crippen LogP contribution is 2.29. The van der Waals surface area contributed by atoms with E-state index in [4.69, 9.17) is 9.73 Å². The monoisotopic (exact) mass is 690 g/mol. The predicted octanol–water partition coefficient (Wildman–Crippen LogP) is 3.58. The maximum absolute atomic E-state index is 13.2. The largest absolute Gasteiger partial charge is 0.497 e. The molecule has 12 nitrogen and oxygen atoms in total. The summed E-state index contributed by atoms with van der Waals surface area (Å²) in [5.74, 6) is -0.105. The summed E-state index contributed by atoms with van der Waals surface area (Å²) in [7, 11) is -2.52. The van der Waals surface area contributed by atoms with Crippen LogP contribution >= 0.6 is 0 Å². The van der Waals surface area contributed by atoms with Crippen molar-refractivity contribution in [3.63, 3.8) is 0 Å². The van der Waals surface area contributed by atoms with Crippen molar-refractivity contribution in [3.05, 3.63) is 89.5 Å². The topological polar surface area (TPSA) is 153 Å². The van der Waals surface area contributed by atoms with Gasteiger partial charge in [0.05, 0.1) is 18.6 Å². The number of carboxylic acid groups (broad SMARTS) is 1. The molecule has 3 aromatic carbocycles. The molecular formula is C36H46N6O6S. The molecule has 1 amide bonds. The molecule has 0 aromatic heterocycles. The van der Waals surface area contributed by atoms with E-state index in [2.05, 4.69) is 37.3 Å². The van der Waals surface area contributed by atoms with Gasteiger partial charge in [-0.05, 0) is 71.8 Å². The van der Waals surface area contributed by atoms with Crippen LogP contribution < -0.4 is 25.0 Å². The molecule has 4 N–H and O–H groups in total. The summed E-state index contributed by atoms with van der Waals surface area (Å²) in [4.78, 5) is 34.2. The molecule has 2 heterocycles. The molecule has 0 radical (unpaired) electrons. The third kappa shape index (κ3) is 9.09. The fourth-order valence-electron chi connectivity index (χ4n) is 6.06. The van der Waals surface area contributed by atoms with E-state index in [-0.39, 0.29) is 4.90 Å². The SMILES string of the molecule is COc1ccc(CN2CCN=C2NC2CCN(c3ccc(C(=O)NC[C@H](NS(=O)(=O)c4ccccc4C(C)(C)C)C(=O)O)cc3)CC2)cc1. The Morgan fingerprint density at radius 2 is 1.65 bits per heavy atom. The number of aliphatic carboxylic acids is 1. The molecule has 2 aliphatic heterocycles. The minimum atomic E-state index is -4.18. The van der Waals surface area contributed by atoms with Crippen LogP contribution in [0.2, 0.25) is 0 Å². The molecule has 1 fully saturated rings. The first kappa shape index (κ1) is 35.7. The van der Waals surface area contributed by atoms with Crippen LogP contribution in [0.4, 0.5) is 5.69 Å². The predicted molar refractivity (Wildman–Crippen MR) is 190 cm³/mol. The number of hydrogen-bond donors (Lipinski definition) is 4. The third-order valence-electron chi connectivity index (χ3n) is 8.83. The normalized spacial score (nSPS) is 16.2. The van der Waals surface area contributed by atoms with Crippen molar-refractivity contribution < 1.29 is 27.9 Å². The highest BCUT2D eigenvalue weighted by molar-refractivity contribution is 7.89. The lowest BCUT2D eigenvalue weighted by molar-refractivity contribution is -0.138. The van der Waals surface area contributed by atoms with Gasteiger partial charge in [0.25, 0.3) is 5.91 Å². The first-order valence-corrected chi connectivity index (χ1v) is 18.0. The number of guanidine groups is 1. The van der Waals surface area contributed by atoms with Gasteiger partial charge < -0.3 is 30.3 Å². The lowest BCUT2D eigenvalue weighted by atomic mass is 9.87. The van der Waals surface area contributed by atoms with Gasteiger partial charge in [0, 0.05) is 50.0 Å². The molecule has 1 atom stereocenters. The summed E-state index contributed by atoms with van der Waals surface area (Å²) < 4.78 is 34.0. The van der Waals surface area contributed by atoms with Gasteiger partial charge in [-0.1, -0.05) is 51.1 Å². The second-order valence-corrected chi connectivity index (χ2v) is 15.1. The van der Waals surface area contributed by atoms with Crippen molar-refractivity contribution in [1.82, 2.24) is 20.3 Å². The van der Waals surface area contributed by atoms with Crippen LogP contribution in [-0.2, 0) is 26.8 Å². The van der Waals surface area contributed by atoms with E-state index in [1.165, 1.54) is 11.6 Å². The van der Waals surface area contributed by atoms with Crippen molar-refractivity contribution in [1.29, 1.82) is 0 Å². The molecule has 13 heteroatoms. The zero-order valence-corrected chi connectivity index (χ0v) is 29.3. The Labute approximate surface area is 288 Å². The van der Waals surface area contributed by atoms with Gasteiger partial charge >= 0.3 is 5.97 Å². The van der Waals surface area contributed by atoms with Crippen molar-refractivity contribution in [2.45, 2.75) is 62.6 Å². The minimum Gasteiger partial charge on any atom is -0.497 e. The van der Waals surface area contributed by atoms with Crippen LogP contribution in [0.5, 0.6) is 5.75 Å². The van der Waals surface area contributed by atoms with Crippen molar-refractivity contribution in [2.24, 2.45) is 4.99 Å². The number of sulfonamides is 1. The Kier molecular flexibility index (Phi) is 11.1. The number of nitrogens with one attached hydrogen (secondary N) is 3. The number of anilines is 1. The van der Waals surface area contributed by atoms with Crippen LogP contribution in [0.3, 0.4) is 0 Å². The number of nitrogens with zero attached hydrogens (tertiary/aromatic N) is 3. The van der Waals surface area contributed by atoms with E-state index >= 15 is 0 Å². The number of hydrogen-bond acceptors (Lipinski definition) is 9. The molecule has 3 aromatic rings. The van der Waals surface area contributed by atoms with Gasteiger partial charge in [0.1, 0.15) is 11.8 Å². The number of amides is 1. The van der Waals surface area contributed by atoms with Gasteiger partial charge in [-0.2, -0.15) is 4.72 Å². The quantitative estimate of drug-likeness (QED) is 0.224. The molecule has 1 saturated heterocycles. The van der Waals surface area contributed by atoms with Crippen LogP contribution in [0, 0.1) is 0 Å². The van der Waals surface area contributed by atoms with E-state index in [0.29, 0.717) is 17.2 Å². The number of carbonyl (C=O) groups is 2. The van der Waals surface area contributed by atoms with Crippen LogP contribution in [0.1, 0.15) is 55.1 Å². The molecule has 0 bridgehead atoms. The summed E-state index contributed by atoms with van der Waals surface area (Å²) >= 11 is 0. The molecule has 0 unspecified atom stereocenters. The van der Waals surface area contributed by atoms with E-state index in [0.717, 1.165) is 63.0 Å². The molecule has 2 aliphatic rings. The zero-order valence-electron chi connectivity index (χ0n) is 28.5. The molecule has 49 heavy (non-hydrogen) atoms. The molecule has 0 aliphatic carbocycles. The van der Waals surface area contributed by atoms with Crippen molar-refractivity contribution in [3.8, 4) is 5.75 Å². The van der Waals surface area contributed by atoms with Crippen molar-refractivity contribution in [2.75, 3.05) is 44.7 Å². The smallest absolute Gasteiger partial charge is 0.323 e. The Morgan fingerprint density at radius 3 is 2.29 bits per heavy atom. The zero-order chi connectivity index (χ0) is 35.2. The Bertz CT molecular complexity index is 1750. The summed E-state index contributed by atoms with van der Waals surface area (Å²) in [6.45, 7) is 9.35. The number of ether oxygens (including phenoxy) is 1. The maximum atomic E-state index is 13.2. The first-order valence-electron chi connectivity index (χ1n) is 16.5. The number of piperidine rings is 1. The maximum Gasteiger partial charge on any atom is 0.323 e. The van der Waals surface area contributed by atoms with Gasteiger partial charge in [0.2, 0.25) is 10.0 Å². The van der Waals surface area contributed by atoms with Crippen molar-refractivity contribution >= 4 is 33.5 Å². The number of rotatable bonds is 12. The summed E-state index contributed by atoms with van der Waals surface area (Å²) in [6.07, 6.45) is 1.87. The van der Waals surface area contributed by atoms with E-state index in [1.807, 2.05) is 45.0 Å². The average Bonchev–Trinajstić information content (AvgIpc) is 3.52. The Morgan fingerprint density at radius 1 is 0.980 bits per heavy atom.